The molecule has 1 unspecified atom stereocenters. The van der Waals surface area contributed by atoms with Gasteiger partial charge in [0.2, 0.25) is 5.91 Å². The lowest BCUT2D eigenvalue weighted by atomic mass is 10.1. The van der Waals surface area contributed by atoms with Crippen LogP contribution in [-0.2, 0) is 11.2 Å². The van der Waals surface area contributed by atoms with E-state index in [2.05, 4.69) is 25.9 Å². The van der Waals surface area contributed by atoms with Gasteiger partial charge in [-0.15, -0.1) is 11.3 Å². The highest BCUT2D eigenvalue weighted by molar-refractivity contribution is 9.10. The highest BCUT2D eigenvalue weighted by atomic mass is 79.9. The lowest BCUT2D eigenvalue weighted by molar-refractivity contribution is -0.133. The molecule has 0 radical (unpaired) electrons. The van der Waals surface area contributed by atoms with E-state index in [9.17, 15) is 4.79 Å². The van der Waals surface area contributed by atoms with Crippen molar-refractivity contribution >= 4 is 33.2 Å². The second-order valence-corrected chi connectivity index (χ2v) is 7.11. The zero-order valence-electron chi connectivity index (χ0n) is 11.9. The van der Waals surface area contributed by atoms with Gasteiger partial charge in [-0.25, -0.2) is 9.97 Å². The summed E-state index contributed by atoms with van der Waals surface area (Å²) in [5.41, 5.74) is 0. The average molecular weight is 382 g/mol. The van der Waals surface area contributed by atoms with Gasteiger partial charge in [-0.3, -0.25) is 4.79 Å². The molecule has 0 aromatic carbocycles. The molecular formula is C15H16BrN3O2S. The number of likely N-dealkylation sites (tertiary alicyclic amines) is 1. The SMILES string of the molecule is O=C(Cc1cccs1)N1CCCC(Oc2ncc(Br)cn2)C1. The van der Waals surface area contributed by atoms with Crippen molar-refractivity contribution in [1.82, 2.24) is 14.9 Å². The van der Waals surface area contributed by atoms with Crippen molar-refractivity contribution in [2.24, 2.45) is 0 Å². The quantitative estimate of drug-likeness (QED) is 0.816. The maximum Gasteiger partial charge on any atom is 0.316 e. The van der Waals surface area contributed by atoms with Crippen LogP contribution in [0.1, 0.15) is 17.7 Å². The first-order chi connectivity index (χ1) is 10.7. The summed E-state index contributed by atoms with van der Waals surface area (Å²) in [4.78, 5) is 23.6. The monoisotopic (exact) mass is 381 g/mol. The Kier molecular flexibility index (Phi) is 5.04. The van der Waals surface area contributed by atoms with E-state index in [0.717, 1.165) is 28.7 Å². The zero-order chi connectivity index (χ0) is 15.4. The van der Waals surface area contributed by atoms with Crippen LogP contribution in [0.2, 0.25) is 0 Å². The molecular weight excluding hydrogens is 366 g/mol. The first-order valence-corrected chi connectivity index (χ1v) is 8.82. The minimum Gasteiger partial charge on any atom is -0.458 e. The van der Waals surface area contributed by atoms with E-state index in [-0.39, 0.29) is 12.0 Å². The maximum absolute atomic E-state index is 12.3. The molecule has 3 rings (SSSR count). The Hall–Kier alpha value is -1.47. The first-order valence-electron chi connectivity index (χ1n) is 7.15. The molecule has 2 aromatic rings. The van der Waals surface area contributed by atoms with Crippen molar-refractivity contribution in [3.05, 3.63) is 39.3 Å². The number of rotatable bonds is 4. The Bertz CT molecular complexity index is 618. The highest BCUT2D eigenvalue weighted by Crippen LogP contribution is 2.18. The molecule has 0 N–H and O–H groups in total. The summed E-state index contributed by atoms with van der Waals surface area (Å²) in [5.74, 6) is 0.160. The Balaban J connectivity index is 1.56. The lowest BCUT2D eigenvalue weighted by Crippen LogP contribution is -2.45. The van der Waals surface area contributed by atoms with Crippen molar-refractivity contribution in [2.75, 3.05) is 13.1 Å². The van der Waals surface area contributed by atoms with Crippen molar-refractivity contribution < 1.29 is 9.53 Å². The van der Waals surface area contributed by atoms with Gasteiger partial charge in [0.25, 0.3) is 0 Å². The highest BCUT2D eigenvalue weighted by Gasteiger charge is 2.25. The number of hydrogen-bond donors (Lipinski definition) is 0. The molecule has 0 saturated carbocycles. The van der Waals surface area contributed by atoms with Crippen LogP contribution in [0.4, 0.5) is 0 Å². The topological polar surface area (TPSA) is 55.3 Å². The molecule has 2 aromatic heterocycles. The molecule has 1 fully saturated rings. The molecule has 3 heterocycles. The van der Waals surface area contributed by atoms with Crippen molar-refractivity contribution in [3.8, 4) is 6.01 Å². The van der Waals surface area contributed by atoms with Gasteiger partial charge in [0, 0.05) is 23.8 Å². The van der Waals surface area contributed by atoms with Gasteiger partial charge >= 0.3 is 6.01 Å². The van der Waals surface area contributed by atoms with Gasteiger partial charge in [-0.05, 0) is 40.2 Å². The first kappa shape index (κ1) is 15.4. The van der Waals surface area contributed by atoms with Crippen LogP contribution in [0.15, 0.2) is 34.4 Å². The van der Waals surface area contributed by atoms with E-state index in [4.69, 9.17) is 4.74 Å². The number of thiophene rings is 1. The predicted octanol–water partition coefficient (Wildman–Crippen LogP) is 2.91. The number of amides is 1. The lowest BCUT2D eigenvalue weighted by Gasteiger charge is -2.32. The van der Waals surface area contributed by atoms with Gasteiger partial charge in [-0.1, -0.05) is 6.07 Å². The second-order valence-electron chi connectivity index (χ2n) is 5.16. The molecule has 1 atom stereocenters. The van der Waals surface area contributed by atoms with Crippen LogP contribution in [0.5, 0.6) is 6.01 Å². The fourth-order valence-electron chi connectivity index (χ4n) is 2.45. The number of piperidine rings is 1. The molecule has 0 spiro atoms. The number of nitrogens with zero attached hydrogens (tertiary/aromatic N) is 3. The normalized spacial score (nSPS) is 18.2. The Labute approximate surface area is 141 Å². The van der Waals surface area contributed by atoms with E-state index < -0.39 is 0 Å². The van der Waals surface area contributed by atoms with E-state index >= 15 is 0 Å². The van der Waals surface area contributed by atoms with Crippen LogP contribution >= 0.6 is 27.3 Å². The van der Waals surface area contributed by atoms with Gasteiger partial charge in [-0.2, -0.15) is 0 Å². The standard InChI is InChI=1S/C15H16BrN3O2S/c16-11-8-17-15(18-9-11)21-12-3-1-5-19(10-12)14(20)7-13-4-2-6-22-13/h2,4,6,8-9,12H,1,3,5,7,10H2. The molecule has 5 nitrogen and oxygen atoms in total. The van der Waals surface area contributed by atoms with Crippen LogP contribution in [-0.4, -0.2) is 40.0 Å². The number of aromatic nitrogens is 2. The molecule has 1 aliphatic rings. The van der Waals surface area contributed by atoms with Gasteiger partial charge in [0.15, 0.2) is 0 Å². The number of carbonyl (C=O) groups is 1. The third-order valence-electron chi connectivity index (χ3n) is 3.51. The summed E-state index contributed by atoms with van der Waals surface area (Å²) >= 11 is 4.91. The predicted molar refractivity (Wildman–Crippen MR) is 88.0 cm³/mol. The second kappa shape index (κ2) is 7.19. The van der Waals surface area contributed by atoms with E-state index in [1.165, 1.54) is 0 Å². The minimum absolute atomic E-state index is 0.0396. The van der Waals surface area contributed by atoms with Crippen molar-refractivity contribution in [3.63, 3.8) is 0 Å². The third-order valence-corrected chi connectivity index (χ3v) is 4.79. The van der Waals surface area contributed by atoms with Crippen LogP contribution in [0, 0.1) is 0 Å². The van der Waals surface area contributed by atoms with E-state index in [1.807, 2.05) is 22.4 Å². The summed E-state index contributed by atoms with van der Waals surface area (Å²) in [6, 6.07) is 4.33. The van der Waals surface area contributed by atoms with Crippen molar-refractivity contribution in [1.29, 1.82) is 0 Å². The summed E-state index contributed by atoms with van der Waals surface area (Å²) in [6.07, 6.45) is 5.61. The Morgan fingerprint density at radius 1 is 1.45 bits per heavy atom. The molecule has 1 saturated heterocycles. The summed E-state index contributed by atoms with van der Waals surface area (Å²) in [7, 11) is 0. The largest absolute Gasteiger partial charge is 0.458 e. The molecule has 1 amide bonds. The number of halogens is 1. The van der Waals surface area contributed by atoms with Crippen LogP contribution in [0.25, 0.3) is 0 Å². The van der Waals surface area contributed by atoms with Crippen molar-refractivity contribution in [2.45, 2.75) is 25.4 Å². The Morgan fingerprint density at radius 3 is 3.00 bits per heavy atom. The van der Waals surface area contributed by atoms with Crippen LogP contribution < -0.4 is 4.74 Å². The van der Waals surface area contributed by atoms with E-state index in [1.54, 1.807) is 23.7 Å². The average Bonchev–Trinajstić information content (AvgIpc) is 3.03. The Morgan fingerprint density at radius 2 is 2.27 bits per heavy atom. The molecule has 1 aliphatic heterocycles. The summed E-state index contributed by atoms with van der Waals surface area (Å²) in [6.45, 7) is 1.40. The minimum atomic E-state index is -0.0396. The molecule has 7 heteroatoms. The van der Waals surface area contributed by atoms with Gasteiger partial charge in [0.05, 0.1) is 17.4 Å². The maximum atomic E-state index is 12.3. The molecule has 0 aliphatic carbocycles. The number of ether oxygens (including phenoxy) is 1. The van der Waals surface area contributed by atoms with E-state index in [0.29, 0.717) is 19.0 Å². The number of hydrogen-bond acceptors (Lipinski definition) is 5. The molecule has 0 bridgehead atoms. The van der Waals surface area contributed by atoms with Crippen LogP contribution in [0.3, 0.4) is 0 Å². The van der Waals surface area contributed by atoms with Gasteiger partial charge < -0.3 is 9.64 Å². The zero-order valence-corrected chi connectivity index (χ0v) is 14.3. The number of carbonyl (C=O) groups excluding carboxylic acids is 1. The fraction of sp³-hybridized carbons (Fsp3) is 0.400. The molecule has 22 heavy (non-hydrogen) atoms. The third kappa shape index (κ3) is 4.04. The summed E-state index contributed by atoms with van der Waals surface area (Å²) in [5, 5.41) is 2.00. The molecule has 116 valence electrons. The summed E-state index contributed by atoms with van der Waals surface area (Å²) < 4.78 is 6.61. The van der Waals surface area contributed by atoms with Gasteiger partial charge in [0.1, 0.15) is 6.10 Å². The smallest absolute Gasteiger partial charge is 0.316 e. The fourth-order valence-corrected chi connectivity index (χ4v) is 3.35.